The van der Waals surface area contributed by atoms with E-state index < -0.39 is 11.9 Å². The number of hydrogen-bond donors (Lipinski definition) is 2. The number of para-hydroxylation sites is 3. The number of aryl methyl sites for hydroxylation is 2. The standard InChI is InChI=1S/C36H41FN8O3/c1-24-7-3-4-12-31(24)41-17-19-42(20-18-41)34(46)30(23-45-33-25(2)8-5-9-26(33)21-38-45)39-35(47)43-15-13-28(14-16-43)44-22-27-10-6-11-29(37)32(27)40-36(44)48/h3-12,21,28,30H,13-20,22-23H2,1-2H3,(H,39,47)(H,40,48). The number of aromatic nitrogens is 2. The Balaban J connectivity index is 1.03. The average molecular weight is 653 g/mol. The molecule has 2 N–H and O–H groups in total. The number of fused-ring (bicyclic) bond motifs is 2. The van der Waals surface area contributed by atoms with Gasteiger partial charge in [-0.2, -0.15) is 5.10 Å². The summed E-state index contributed by atoms with van der Waals surface area (Å²) in [6.45, 7) is 8.00. The second-order valence-electron chi connectivity index (χ2n) is 13.0. The molecule has 4 heterocycles. The molecule has 2 fully saturated rings. The summed E-state index contributed by atoms with van der Waals surface area (Å²) in [5.41, 5.74) is 5.33. The van der Waals surface area contributed by atoms with Gasteiger partial charge in [-0.1, -0.05) is 48.5 Å². The highest BCUT2D eigenvalue weighted by molar-refractivity contribution is 5.93. The van der Waals surface area contributed by atoms with Crippen LogP contribution in [0, 0.1) is 19.7 Å². The molecule has 5 amide bonds. The third-order valence-electron chi connectivity index (χ3n) is 9.99. The van der Waals surface area contributed by atoms with Crippen LogP contribution in [0.4, 0.5) is 25.4 Å². The molecule has 7 rings (SSSR count). The van der Waals surface area contributed by atoms with Crippen LogP contribution in [-0.4, -0.2) is 93.8 Å². The Bertz CT molecular complexity index is 1840. The van der Waals surface area contributed by atoms with E-state index in [2.05, 4.69) is 39.7 Å². The van der Waals surface area contributed by atoms with Gasteiger partial charge in [0.05, 0.1) is 23.9 Å². The summed E-state index contributed by atoms with van der Waals surface area (Å²) >= 11 is 0. The maximum atomic E-state index is 14.2. The minimum absolute atomic E-state index is 0.0918. The van der Waals surface area contributed by atoms with Crippen molar-refractivity contribution in [3.63, 3.8) is 0 Å². The SMILES string of the molecule is Cc1ccccc1N1CCN(C(=O)C(Cn2ncc3cccc(C)c32)NC(=O)N2CCC(N3Cc4cccc(F)c4NC3=O)CC2)CC1. The van der Waals surface area contributed by atoms with Gasteiger partial charge in [-0.05, 0) is 55.5 Å². The van der Waals surface area contributed by atoms with Crippen molar-refractivity contribution in [2.75, 3.05) is 49.5 Å². The number of carbonyl (C=O) groups excluding carboxylic acids is 3. The van der Waals surface area contributed by atoms with E-state index >= 15 is 0 Å². The van der Waals surface area contributed by atoms with E-state index in [-0.39, 0.29) is 36.2 Å². The molecule has 4 aromatic rings. The summed E-state index contributed by atoms with van der Waals surface area (Å²) in [4.78, 5) is 48.4. The first kappa shape index (κ1) is 31.5. The number of anilines is 2. The van der Waals surface area contributed by atoms with Crippen LogP contribution in [0.5, 0.6) is 0 Å². The van der Waals surface area contributed by atoms with E-state index in [1.807, 2.05) is 52.9 Å². The monoisotopic (exact) mass is 652 g/mol. The molecular formula is C36H41FN8O3. The van der Waals surface area contributed by atoms with E-state index in [1.54, 1.807) is 22.1 Å². The van der Waals surface area contributed by atoms with Gasteiger partial charge in [0.25, 0.3) is 0 Å². The van der Waals surface area contributed by atoms with Crippen molar-refractivity contribution in [3.05, 3.63) is 89.4 Å². The van der Waals surface area contributed by atoms with E-state index in [9.17, 15) is 18.8 Å². The van der Waals surface area contributed by atoms with Crippen molar-refractivity contribution in [1.29, 1.82) is 0 Å². The molecule has 48 heavy (non-hydrogen) atoms. The molecule has 0 bridgehead atoms. The number of hydrogen-bond acceptors (Lipinski definition) is 5. The van der Waals surface area contributed by atoms with Crippen LogP contribution in [0.1, 0.15) is 29.5 Å². The maximum absolute atomic E-state index is 14.2. The topological polar surface area (TPSA) is 106 Å². The van der Waals surface area contributed by atoms with Crippen LogP contribution in [0.2, 0.25) is 0 Å². The van der Waals surface area contributed by atoms with E-state index in [1.165, 1.54) is 17.3 Å². The predicted octanol–water partition coefficient (Wildman–Crippen LogP) is 4.73. The molecule has 11 nitrogen and oxygen atoms in total. The van der Waals surface area contributed by atoms with Gasteiger partial charge in [-0.3, -0.25) is 9.48 Å². The predicted molar refractivity (Wildman–Crippen MR) is 182 cm³/mol. The minimum atomic E-state index is -0.817. The summed E-state index contributed by atoms with van der Waals surface area (Å²) < 4.78 is 16.1. The van der Waals surface area contributed by atoms with Gasteiger partial charge < -0.3 is 30.2 Å². The number of piperazine rings is 1. The average Bonchev–Trinajstić information content (AvgIpc) is 3.52. The number of benzene rings is 3. The van der Waals surface area contributed by atoms with Gasteiger partial charge in [0.1, 0.15) is 11.9 Å². The molecule has 0 saturated carbocycles. The Morgan fingerprint density at radius 3 is 2.42 bits per heavy atom. The van der Waals surface area contributed by atoms with Gasteiger partial charge in [0.15, 0.2) is 0 Å². The summed E-state index contributed by atoms with van der Waals surface area (Å²) in [7, 11) is 0. The van der Waals surface area contributed by atoms with Crippen molar-refractivity contribution in [2.45, 2.75) is 51.9 Å². The fraction of sp³-hybridized carbons (Fsp3) is 0.389. The number of halogens is 1. The van der Waals surface area contributed by atoms with Crippen LogP contribution >= 0.6 is 0 Å². The molecule has 0 aliphatic carbocycles. The van der Waals surface area contributed by atoms with Crippen LogP contribution < -0.4 is 15.5 Å². The number of rotatable bonds is 6. The number of piperidine rings is 1. The molecule has 1 aromatic heterocycles. The number of amides is 5. The van der Waals surface area contributed by atoms with Crippen LogP contribution in [0.15, 0.2) is 66.9 Å². The molecule has 0 spiro atoms. The summed E-state index contributed by atoms with van der Waals surface area (Å²) in [6.07, 6.45) is 2.95. The summed E-state index contributed by atoms with van der Waals surface area (Å²) in [6, 6.07) is 17.5. The first-order valence-corrected chi connectivity index (χ1v) is 16.7. The fourth-order valence-electron chi connectivity index (χ4n) is 7.32. The Morgan fingerprint density at radius 2 is 1.65 bits per heavy atom. The smallest absolute Gasteiger partial charge is 0.322 e. The van der Waals surface area contributed by atoms with Crippen LogP contribution in [-0.2, 0) is 17.9 Å². The first-order valence-electron chi connectivity index (χ1n) is 16.7. The lowest BCUT2D eigenvalue weighted by molar-refractivity contribution is -0.134. The molecule has 1 unspecified atom stereocenters. The molecule has 1 atom stereocenters. The number of likely N-dealkylation sites (tertiary alicyclic amines) is 1. The van der Waals surface area contributed by atoms with Gasteiger partial charge in [-0.25, -0.2) is 14.0 Å². The third-order valence-corrected chi connectivity index (χ3v) is 9.99. The quantitative estimate of drug-likeness (QED) is 0.314. The highest BCUT2D eigenvalue weighted by atomic mass is 19.1. The van der Waals surface area contributed by atoms with Crippen LogP contribution in [0.25, 0.3) is 10.9 Å². The molecular weight excluding hydrogens is 611 g/mol. The van der Waals surface area contributed by atoms with Crippen molar-refractivity contribution < 1.29 is 18.8 Å². The first-order chi connectivity index (χ1) is 23.3. The largest absolute Gasteiger partial charge is 0.368 e. The molecule has 250 valence electrons. The van der Waals surface area contributed by atoms with Crippen molar-refractivity contribution in [2.24, 2.45) is 0 Å². The normalized spacial score (nSPS) is 17.7. The lowest BCUT2D eigenvalue weighted by Gasteiger charge is -2.41. The Labute approximate surface area is 279 Å². The highest BCUT2D eigenvalue weighted by Gasteiger charge is 2.35. The van der Waals surface area contributed by atoms with Gasteiger partial charge in [-0.15, -0.1) is 0 Å². The number of nitrogens with zero attached hydrogens (tertiary/aromatic N) is 6. The molecule has 2 saturated heterocycles. The van der Waals surface area contributed by atoms with Gasteiger partial charge in [0, 0.05) is 62.9 Å². The minimum Gasteiger partial charge on any atom is -0.368 e. The highest BCUT2D eigenvalue weighted by Crippen LogP contribution is 2.30. The molecule has 0 radical (unpaired) electrons. The van der Waals surface area contributed by atoms with Crippen molar-refractivity contribution >= 4 is 40.2 Å². The Hall–Kier alpha value is -5.13. The molecule has 3 aromatic carbocycles. The Kier molecular flexibility index (Phi) is 8.63. The Morgan fingerprint density at radius 1 is 0.917 bits per heavy atom. The van der Waals surface area contributed by atoms with Crippen molar-refractivity contribution in [3.8, 4) is 0 Å². The molecule has 12 heteroatoms. The zero-order valence-corrected chi connectivity index (χ0v) is 27.4. The molecule has 3 aliphatic heterocycles. The summed E-state index contributed by atoms with van der Waals surface area (Å²) in [5, 5.41) is 11.3. The lowest BCUT2D eigenvalue weighted by atomic mass is 10.0. The second-order valence-corrected chi connectivity index (χ2v) is 13.0. The van der Waals surface area contributed by atoms with Gasteiger partial charge in [0.2, 0.25) is 5.91 Å². The second kappa shape index (κ2) is 13.2. The number of urea groups is 2. The number of carbonyl (C=O) groups is 3. The zero-order chi connectivity index (χ0) is 33.4. The van der Waals surface area contributed by atoms with Crippen molar-refractivity contribution in [1.82, 2.24) is 29.8 Å². The lowest BCUT2D eigenvalue weighted by Crippen LogP contribution is -2.59. The zero-order valence-electron chi connectivity index (χ0n) is 27.4. The third kappa shape index (κ3) is 6.14. The van der Waals surface area contributed by atoms with Crippen LogP contribution in [0.3, 0.4) is 0 Å². The van der Waals surface area contributed by atoms with E-state index in [0.29, 0.717) is 58.7 Å². The fourth-order valence-corrected chi connectivity index (χ4v) is 7.32. The molecule has 3 aliphatic rings. The van der Waals surface area contributed by atoms with E-state index in [4.69, 9.17) is 0 Å². The van der Waals surface area contributed by atoms with E-state index in [0.717, 1.165) is 22.0 Å². The van der Waals surface area contributed by atoms with Gasteiger partial charge >= 0.3 is 12.1 Å². The maximum Gasteiger partial charge on any atom is 0.322 e. The number of nitrogens with one attached hydrogen (secondary N) is 2. The summed E-state index contributed by atoms with van der Waals surface area (Å²) in [5.74, 6) is -0.571.